The molecule has 0 fully saturated rings. The molecule has 212 valence electrons. The maximum absolute atomic E-state index is 12.3. The summed E-state index contributed by atoms with van der Waals surface area (Å²) in [6.45, 7) is 3.76. The molecule has 1 rings (SSSR count). The van der Waals surface area contributed by atoms with Crippen molar-refractivity contribution in [3.63, 3.8) is 0 Å². The van der Waals surface area contributed by atoms with E-state index in [1.54, 1.807) is 0 Å². The van der Waals surface area contributed by atoms with Gasteiger partial charge in [0.1, 0.15) is 6.29 Å². The van der Waals surface area contributed by atoms with Crippen LogP contribution >= 0.6 is 19.4 Å². The van der Waals surface area contributed by atoms with Crippen LogP contribution < -0.4 is 0 Å². The van der Waals surface area contributed by atoms with Gasteiger partial charge in [-0.15, -0.1) is 0 Å². The molecule has 4 atom stereocenters. The molecule has 0 amide bonds. The number of carbonyl (C=O) groups is 2. The van der Waals surface area contributed by atoms with Gasteiger partial charge in [0.05, 0.1) is 18.9 Å². The molecule has 0 saturated carbocycles. The van der Waals surface area contributed by atoms with Crippen LogP contribution in [-0.2, 0) is 23.4 Å². The molecule has 0 heterocycles. The lowest BCUT2D eigenvalue weighted by Gasteiger charge is -2.28. The van der Waals surface area contributed by atoms with Crippen molar-refractivity contribution in [1.29, 1.82) is 0 Å². The van der Waals surface area contributed by atoms with E-state index >= 15 is 0 Å². The SMILES string of the molecule is CCCOP(=O)(O)CC(OC(C)C(CCCCCCCSCCCCCC=O)c1ccccc1)C(=O)O. The molecule has 0 saturated heterocycles. The standard InChI is InChI=1S/C28H47O7PS/c1-3-20-34-36(32,33)23-27(28(30)31)35-24(2)26(25-16-10-9-11-17-25)18-12-5-4-7-14-21-37-22-15-8-6-13-19-29/h9-11,16-17,19,24,26-27H,3-8,12-15,18,20-23H2,1-2H3,(H,30,31)(H,32,33). The van der Waals surface area contributed by atoms with E-state index < -0.39 is 31.9 Å². The van der Waals surface area contributed by atoms with Crippen molar-refractivity contribution < 1.29 is 33.4 Å². The van der Waals surface area contributed by atoms with Gasteiger partial charge in [-0.25, -0.2) is 4.79 Å². The van der Waals surface area contributed by atoms with Crippen molar-refractivity contribution in [2.24, 2.45) is 0 Å². The van der Waals surface area contributed by atoms with E-state index in [0.717, 1.165) is 50.4 Å². The van der Waals surface area contributed by atoms with Gasteiger partial charge in [-0.3, -0.25) is 4.57 Å². The summed E-state index contributed by atoms with van der Waals surface area (Å²) in [5.74, 6) is 1.08. The Kier molecular flexibility index (Phi) is 19.0. The quantitative estimate of drug-likeness (QED) is 0.0787. The van der Waals surface area contributed by atoms with Gasteiger partial charge in [-0.05, 0) is 56.1 Å². The first-order valence-corrected chi connectivity index (χ1v) is 16.6. The summed E-state index contributed by atoms with van der Waals surface area (Å²) in [4.78, 5) is 32.2. The molecule has 0 aliphatic carbocycles. The van der Waals surface area contributed by atoms with Crippen LogP contribution in [0.5, 0.6) is 0 Å². The number of carboxylic acid groups (broad SMARTS) is 1. The number of rotatable bonds is 24. The van der Waals surface area contributed by atoms with E-state index in [2.05, 4.69) is 0 Å². The van der Waals surface area contributed by atoms with Crippen LogP contribution in [0.2, 0.25) is 0 Å². The number of aldehydes is 1. The summed E-state index contributed by atoms with van der Waals surface area (Å²) < 4.78 is 23.2. The fraction of sp³-hybridized carbons (Fsp3) is 0.714. The summed E-state index contributed by atoms with van der Waals surface area (Å²) in [7, 11) is -4.05. The summed E-state index contributed by atoms with van der Waals surface area (Å²) >= 11 is 2.00. The lowest BCUT2D eigenvalue weighted by molar-refractivity contribution is -0.153. The van der Waals surface area contributed by atoms with Crippen LogP contribution in [-0.4, -0.2) is 58.7 Å². The van der Waals surface area contributed by atoms with Crippen molar-refractivity contribution in [2.45, 2.75) is 103 Å². The molecule has 0 aliphatic heterocycles. The molecular weight excluding hydrogens is 511 g/mol. The third-order valence-corrected chi connectivity index (χ3v) is 8.79. The highest BCUT2D eigenvalue weighted by Crippen LogP contribution is 2.43. The Morgan fingerprint density at radius 2 is 1.65 bits per heavy atom. The second kappa shape index (κ2) is 20.7. The molecule has 0 spiro atoms. The number of benzene rings is 1. The normalized spacial score (nSPS) is 15.5. The largest absolute Gasteiger partial charge is 0.479 e. The average Bonchev–Trinajstić information content (AvgIpc) is 2.87. The molecule has 1 aromatic rings. The summed E-state index contributed by atoms with van der Waals surface area (Å²) in [6, 6.07) is 9.92. The Morgan fingerprint density at radius 3 is 2.27 bits per heavy atom. The van der Waals surface area contributed by atoms with Gasteiger partial charge in [-0.2, -0.15) is 11.8 Å². The van der Waals surface area contributed by atoms with Crippen molar-refractivity contribution in [1.82, 2.24) is 0 Å². The Morgan fingerprint density at radius 1 is 1.03 bits per heavy atom. The average molecular weight is 559 g/mol. The molecule has 4 unspecified atom stereocenters. The Balaban J connectivity index is 2.48. The van der Waals surface area contributed by atoms with E-state index in [1.807, 2.05) is 55.9 Å². The molecule has 0 radical (unpaired) electrons. The molecule has 0 aliphatic rings. The number of unbranched alkanes of at least 4 members (excludes halogenated alkanes) is 7. The van der Waals surface area contributed by atoms with Gasteiger partial charge in [-0.1, -0.05) is 69.4 Å². The molecule has 37 heavy (non-hydrogen) atoms. The van der Waals surface area contributed by atoms with E-state index in [0.29, 0.717) is 12.8 Å². The van der Waals surface area contributed by atoms with Crippen LogP contribution in [0.4, 0.5) is 0 Å². The van der Waals surface area contributed by atoms with Crippen LogP contribution in [0.15, 0.2) is 30.3 Å². The number of carboxylic acids is 1. The topological polar surface area (TPSA) is 110 Å². The second-order valence-corrected chi connectivity index (χ2v) is 12.6. The Bertz CT molecular complexity index is 777. The van der Waals surface area contributed by atoms with Crippen molar-refractivity contribution in [2.75, 3.05) is 24.3 Å². The van der Waals surface area contributed by atoms with E-state index in [9.17, 15) is 24.2 Å². The van der Waals surface area contributed by atoms with Gasteiger partial charge in [0, 0.05) is 12.3 Å². The van der Waals surface area contributed by atoms with E-state index in [4.69, 9.17) is 9.26 Å². The van der Waals surface area contributed by atoms with Gasteiger partial charge in [0.2, 0.25) is 0 Å². The lowest BCUT2D eigenvalue weighted by Crippen LogP contribution is -2.34. The number of aliphatic carboxylic acids is 1. The van der Waals surface area contributed by atoms with Crippen LogP contribution in [0, 0.1) is 0 Å². The zero-order valence-electron chi connectivity index (χ0n) is 22.6. The fourth-order valence-electron chi connectivity index (χ4n) is 4.21. The summed E-state index contributed by atoms with van der Waals surface area (Å²) in [5, 5.41) is 9.64. The molecule has 7 nitrogen and oxygen atoms in total. The minimum atomic E-state index is -4.05. The smallest absolute Gasteiger partial charge is 0.333 e. The maximum atomic E-state index is 12.3. The van der Waals surface area contributed by atoms with Gasteiger partial charge in [0.15, 0.2) is 6.10 Å². The highest BCUT2D eigenvalue weighted by atomic mass is 32.2. The van der Waals surface area contributed by atoms with Crippen molar-refractivity contribution >= 4 is 31.6 Å². The van der Waals surface area contributed by atoms with Gasteiger partial charge >= 0.3 is 13.6 Å². The van der Waals surface area contributed by atoms with E-state index in [-0.39, 0.29) is 12.5 Å². The third kappa shape index (κ3) is 16.4. The number of carbonyl (C=O) groups excluding carboxylic acids is 1. The lowest BCUT2D eigenvalue weighted by atomic mass is 9.88. The van der Waals surface area contributed by atoms with Crippen molar-refractivity contribution in [3.8, 4) is 0 Å². The minimum absolute atomic E-state index is 0.00698. The predicted octanol–water partition coefficient (Wildman–Crippen LogP) is 7.07. The molecular formula is C28H47O7PS. The predicted molar refractivity (Wildman–Crippen MR) is 152 cm³/mol. The first kappa shape index (κ1) is 33.8. The molecule has 2 N–H and O–H groups in total. The first-order valence-electron chi connectivity index (χ1n) is 13.7. The van der Waals surface area contributed by atoms with Crippen molar-refractivity contribution in [3.05, 3.63) is 35.9 Å². The summed E-state index contributed by atoms with van der Waals surface area (Å²) in [6.07, 6.45) is 9.70. The highest BCUT2D eigenvalue weighted by molar-refractivity contribution is 7.99. The molecule has 9 heteroatoms. The third-order valence-electron chi connectivity index (χ3n) is 6.26. The Hall–Kier alpha value is -1.18. The Labute approximate surface area is 227 Å². The summed E-state index contributed by atoms with van der Waals surface area (Å²) in [5.41, 5.74) is 1.08. The molecule has 0 bridgehead atoms. The van der Waals surface area contributed by atoms with Gasteiger partial charge in [0.25, 0.3) is 0 Å². The highest BCUT2D eigenvalue weighted by Gasteiger charge is 2.33. The second-order valence-electron chi connectivity index (χ2n) is 9.52. The fourth-order valence-corrected chi connectivity index (χ4v) is 6.47. The number of thioether (sulfide) groups is 1. The zero-order valence-corrected chi connectivity index (χ0v) is 24.3. The molecule has 0 aromatic heterocycles. The first-order chi connectivity index (χ1) is 17.8. The number of ether oxygens (including phenoxy) is 1. The monoisotopic (exact) mass is 558 g/mol. The number of hydrogen-bond acceptors (Lipinski definition) is 6. The van der Waals surface area contributed by atoms with Crippen LogP contribution in [0.25, 0.3) is 0 Å². The van der Waals surface area contributed by atoms with Gasteiger partial charge < -0.3 is 24.1 Å². The van der Waals surface area contributed by atoms with Crippen LogP contribution in [0.3, 0.4) is 0 Å². The minimum Gasteiger partial charge on any atom is -0.479 e. The maximum Gasteiger partial charge on any atom is 0.333 e. The molecule has 1 aromatic carbocycles. The van der Waals surface area contributed by atoms with E-state index in [1.165, 1.54) is 30.8 Å². The number of hydrogen-bond donors (Lipinski definition) is 2. The zero-order chi connectivity index (χ0) is 27.4. The van der Waals surface area contributed by atoms with Crippen LogP contribution in [0.1, 0.15) is 96.0 Å².